The Morgan fingerprint density at radius 2 is 1.76 bits per heavy atom. The fourth-order valence-corrected chi connectivity index (χ4v) is 3.84. The van der Waals surface area contributed by atoms with Gasteiger partial charge in [-0.1, -0.05) is 12.8 Å². The van der Waals surface area contributed by atoms with Gasteiger partial charge in [0, 0.05) is 43.0 Å². The lowest BCUT2D eigenvalue weighted by molar-refractivity contribution is -0.129. The van der Waals surface area contributed by atoms with E-state index in [2.05, 4.69) is 20.9 Å². The summed E-state index contributed by atoms with van der Waals surface area (Å²) >= 11 is 0. The first-order chi connectivity index (χ1) is 16.2. The maximum Gasteiger partial charge on any atom is 0.242 e. The van der Waals surface area contributed by atoms with E-state index in [-0.39, 0.29) is 36.5 Å². The van der Waals surface area contributed by atoms with Crippen molar-refractivity contribution in [2.45, 2.75) is 65.3 Å². The number of aromatic nitrogens is 1. The molecule has 0 aliphatic carbocycles. The van der Waals surface area contributed by atoms with Crippen LogP contribution in [-0.4, -0.2) is 54.7 Å². The van der Waals surface area contributed by atoms with Crippen LogP contribution in [0, 0.1) is 6.92 Å². The van der Waals surface area contributed by atoms with Gasteiger partial charge in [-0.3, -0.25) is 14.4 Å². The van der Waals surface area contributed by atoms with Crippen molar-refractivity contribution in [1.29, 1.82) is 0 Å². The van der Waals surface area contributed by atoms with Crippen molar-refractivity contribution < 1.29 is 23.9 Å². The standard InChI is InChI=1S/C25H36N4O5/c1-16(30)8-6-5-7-9-23(25(33)27-13-12-26-18(3)31)29-24(32)15-20-17(2)28-22-11-10-19(34-4)14-21(20)22/h10-11,14,23,28H,5-9,12-13,15H2,1-4H3,(H,26,31)(H,27,33)(H,29,32). The van der Waals surface area contributed by atoms with Gasteiger partial charge in [-0.2, -0.15) is 0 Å². The van der Waals surface area contributed by atoms with Crippen molar-refractivity contribution in [2.24, 2.45) is 0 Å². The molecule has 0 aliphatic heterocycles. The van der Waals surface area contributed by atoms with E-state index in [1.807, 2.05) is 25.1 Å². The first kappa shape index (κ1) is 26.9. The zero-order valence-electron chi connectivity index (χ0n) is 20.5. The van der Waals surface area contributed by atoms with Gasteiger partial charge >= 0.3 is 0 Å². The number of H-pyrrole nitrogens is 1. The van der Waals surface area contributed by atoms with E-state index in [1.165, 1.54) is 6.92 Å². The largest absolute Gasteiger partial charge is 0.497 e. The van der Waals surface area contributed by atoms with Crippen LogP contribution in [0.4, 0.5) is 0 Å². The second-order valence-corrected chi connectivity index (χ2v) is 8.51. The van der Waals surface area contributed by atoms with Gasteiger partial charge in [0.1, 0.15) is 17.6 Å². The smallest absolute Gasteiger partial charge is 0.242 e. The molecule has 0 saturated heterocycles. The minimum Gasteiger partial charge on any atom is -0.497 e. The van der Waals surface area contributed by atoms with Crippen LogP contribution in [0.15, 0.2) is 18.2 Å². The quantitative estimate of drug-likeness (QED) is 0.314. The Bertz CT molecular complexity index is 1010. The lowest BCUT2D eigenvalue weighted by atomic mass is 10.0. The number of carbonyl (C=O) groups is 4. The number of ketones is 1. The monoisotopic (exact) mass is 472 g/mol. The number of benzene rings is 1. The number of Topliss-reactive ketones (excluding diaryl/α,β-unsaturated/α-hetero) is 1. The van der Waals surface area contributed by atoms with E-state index in [4.69, 9.17) is 4.74 Å². The number of hydrogen-bond donors (Lipinski definition) is 4. The number of hydrogen-bond acceptors (Lipinski definition) is 5. The Morgan fingerprint density at radius 3 is 2.44 bits per heavy atom. The lowest BCUT2D eigenvalue weighted by Crippen LogP contribution is -2.48. The van der Waals surface area contributed by atoms with Gasteiger partial charge in [0.05, 0.1) is 13.5 Å². The summed E-state index contributed by atoms with van der Waals surface area (Å²) in [5, 5.41) is 9.18. The van der Waals surface area contributed by atoms with E-state index in [1.54, 1.807) is 14.0 Å². The van der Waals surface area contributed by atoms with Crippen LogP contribution in [-0.2, 0) is 25.6 Å². The average Bonchev–Trinajstić information content (AvgIpc) is 3.09. The molecule has 9 heteroatoms. The summed E-state index contributed by atoms with van der Waals surface area (Å²) in [4.78, 5) is 51.1. The predicted octanol–water partition coefficient (Wildman–Crippen LogP) is 2.30. The van der Waals surface area contributed by atoms with Crippen LogP contribution >= 0.6 is 0 Å². The van der Waals surface area contributed by atoms with E-state index in [0.29, 0.717) is 31.6 Å². The van der Waals surface area contributed by atoms with Gasteiger partial charge in [-0.05, 0) is 50.5 Å². The molecule has 0 bridgehead atoms. The van der Waals surface area contributed by atoms with Crippen LogP contribution in [0.3, 0.4) is 0 Å². The lowest BCUT2D eigenvalue weighted by Gasteiger charge is -2.19. The molecule has 1 atom stereocenters. The Kier molecular flexibility index (Phi) is 10.6. The Balaban J connectivity index is 2.03. The number of carbonyl (C=O) groups excluding carboxylic acids is 4. The van der Waals surface area contributed by atoms with Gasteiger partial charge in [-0.15, -0.1) is 0 Å². The normalized spacial score (nSPS) is 11.6. The highest BCUT2D eigenvalue weighted by molar-refractivity contribution is 5.93. The molecule has 1 aromatic heterocycles. The van der Waals surface area contributed by atoms with Crippen LogP contribution < -0.4 is 20.7 Å². The van der Waals surface area contributed by atoms with Gasteiger partial charge in [-0.25, -0.2) is 0 Å². The summed E-state index contributed by atoms with van der Waals surface area (Å²) in [5.74, 6) is 0.136. The molecule has 34 heavy (non-hydrogen) atoms. The molecule has 2 rings (SSSR count). The fourth-order valence-electron chi connectivity index (χ4n) is 3.84. The van der Waals surface area contributed by atoms with Crippen molar-refractivity contribution in [3.8, 4) is 5.75 Å². The Labute approximate surface area is 200 Å². The summed E-state index contributed by atoms with van der Waals surface area (Å²) in [6, 6.07) is 4.97. The molecule has 9 nitrogen and oxygen atoms in total. The molecule has 1 aromatic carbocycles. The SMILES string of the molecule is COc1ccc2[nH]c(C)c(CC(=O)NC(CCCCCC(C)=O)C(=O)NCCNC(C)=O)c2c1. The first-order valence-electron chi connectivity index (χ1n) is 11.7. The highest BCUT2D eigenvalue weighted by atomic mass is 16.5. The number of amides is 3. The number of aryl methyl sites for hydroxylation is 1. The molecule has 0 radical (unpaired) electrons. The zero-order valence-corrected chi connectivity index (χ0v) is 20.5. The van der Waals surface area contributed by atoms with Crippen molar-refractivity contribution in [3.05, 3.63) is 29.5 Å². The molecule has 0 saturated carbocycles. The summed E-state index contributed by atoms with van der Waals surface area (Å²) in [6.07, 6.45) is 3.38. The summed E-state index contributed by atoms with van der Waals surface area (Å²) < 4.78 is 5.31. The molecular weight excluding hydrogens is 436 g/mol. The van der Waals surface area contributed by atoms with Crippen molar-refractivity contribution in [1.82, 2.24) is 20.9 Å². The maximum atomic E-state index is 12.9. The van der Waals surface area contributed by atoms with E-state index >= 15 is 0 Å². The molecule has 4 N–H and O–H groups in total. The molecule has 0 spiro atoms. The van der Waals surface area contributed by atoms with Gasteiger partial charge in [0.2, 0.25) is 17.7 Å². The van der Waals surface area contributed by atoms with Gasteiger partial charge < -0.3 is 30.5 Å². The van der Waals surface area contributed by atoms with Crippen molar-refractivity contribution in [3.63, 3.8) is 0 Å². The second-order valence-electron chi connectivity index (χ2n) is 8.51. The zero-order chi connectivity index (χ0) is 25.1. The number of nitrogens with one attached hydrogen (secondary N) is 4. The number of methoxy groups -OCH3 is 1. The van der Waals surface area contributed by atoms with Crippen molar-refractivity contribution >= 4 is 34.4 Å². The van der Waals surface area contributed by atoms with Crippen molar-refractivity contribution in [2.75, 3.05) is 20.2 Å². The number of unbranched alkanes of at least 4 members (excludes halogenated alkanes) is 2. The third-order valence-corrected chi connectivity index (χ3v) is 5.64. The summed E-state index contributed by atoms with van der Waals surface area (Å²) in [5.41, 5.74) is 2.66. The molecule has 186 valence electrons. The second kappa shape index (κ2) is 13.4. The van der Waals surface area contributed by atoms with Gasteiger partial charge in [0.15, 0.2) is 0 Å². The predicted molar refractivity (Wildman–Crippen MR) is 131 cm³/mol. The van der Waals surface area contributed by atoms with Crippen LogP contribution in [0.1, 0.15) is 57.2 Å². The molecule has 2 aromatic rings. The third-order valence-electron chi connectivity index (χ3n) is 5.64. The fraction of sp³-hybridized carbons (Fsp3) is 0.520. The van der Waals surface area contributed by atoms with Crippen LogP contribution in [0.25, 0.3) is 10.9 Å². The van der Waals surface area contributed by atoms with E-state index in [9.17, 15) is 19.2 Å². The first-order valence-corrected chi connectivity index (χ1v) is 11.7. The number of fused-ring (bicyclic) bond motifs is 1. The van der Waals surface area contributed by atoms with E-state index in [0.717, 1.165) is 35.0 Å². The van der Waals surface area contributed by atoms with Gasteiger partial charge in [0.25, 0.3) is 0 Å². The summed E-state index contributed by atoms with van der Waals surface area (Å²) in [6.45, 7) is 5.48. The topological polar surface area (TPSA) is 129 Å². The number of rotatable bonds is 14. The van der Waals surface area contributed by atoms with Crippen LogP contribution in [0.2, 0.25) is 0 Å². The Morgan fingerprint density at radius 1 is 1.03 bits per heavy atom. The number of ether oxygens (including phenoxy) is 1. The molecule has 0 fully saturated rings. The molecule has 0 aliphatic rings. The maximum absolute atomic E-state index is 12.9. The third kappa shape index (κ3) is 8.53. The highest BCUT2D eigenvalue weighted by Crippen LogP contribution is 2.26. The van der Waals surface area contributed by atoms with E-state index < -0.39 is 6.04 Å². The molecule has 1 heterocycles. The van der Waals surface area contributed by atoms with Crippen LogP contribution in [0.5, 0.6) is 5.75 Å². The molecule has 1 unspecified atom stereocenters. The Hall–Kier alpha value is -3.36. The molecule has 3 amide bonds. The minimum absolute atomic E-state index is 0.124. The minimum atomic E-state index is -0.692. The number of aromatic amines is 1. The average molecular weight is 473 g/mol. The summed E-state index contributed by atoms with van der Waals surface area (Å²) in [7, 11) is 1.60. The molecular formula is C25H36N4O5. The highest BCUT2D eigenvalue weighted by Gasteiger charge is 2.22.